The van der Waals surface area contributed by atoms with Crippen LogP contribution >= 0.6 is 11.3 Å². The second-order valence-electron chi connectivity index (χ2n) is 11.4. The van der Waals surface area contributed by atoms with Gasteiger partial charge in [0, 0.05) is 24.9 Å². The van der Waals surface area contributed by atoms with Crippen molar-refractivity contribution in [2.45, 2.75) is 95.6 Å². The summed E-state index contributed by atoms with van der Waals surface area (Å²) in [6, 6.07) is 12.7. The summed E-state index contributed by atoms with van der Waals surface area (Å²) in [6.45, 7) is 16.4. The molecule has 0 bridgehead atoms. The lowest BCUT2D eigenvalue weighted by atomic mass is 9.89. The molecule has 4 rings (SSSR count). The van der Waals surface area contributed by atoms with Gasteiger partial charge < -0.3 is 4.90 Å². The Kier molecular flexibility index (Phi) is 8.49. The normalized spacial score (nSPS) is 15.4. The van der Waals surface area contributed by atoms with Gasteiger partial charge in [-0.25, -0.2) is 13.4 Å². The molecule has 3 aromatic rings. The Bertz CT molecular complexity index is 1300. The summed E-state index contributed by atoms with van der Waals surface area (Å²) >= 11 is 1.67. The van der Waals surface area contributed by atoms with E-state index in [0.29, 0.717) is 23.7 Å². The molecule has 4 nitrogen and oxygen atoms in total. The molecule has 0 N–H and O–H groups in total. The molecular formula is C31H42N2O2S2. The number of benzene rings is 2. The summed E-state index contributed by atoms with van der Waals surface area (Å²) in [5, 5.41) is 2.80. The van der Waals surface area contributed by atoms with Gasteiger partial charge >= 0.3 is 0 Å². The molecule has 6 heteroatoms. The minimum Gasteiger partial charge on any atom is -0.348 e. The average molecular weight is 539 g/mol. The molecule has 1 aliphatic heterocycles. The van der Waals surface area contributed by atoms with E-state index < -0.39 is 9.84 Å². The van der Waals surface area contributed by atoms with Gasteiger partial charge in [0.05, 0.1) is 15.8 Å². The van der Waals surface area contributed by atoms with Gasteiger partial charge in [-0.05, 0) is 65.3 Å². The van der Waals surface area contributed by atoms with Crippen molar-refractivity contribution in [3.05, 3.63) is 75.3 Å². The Morgan fingerprint density at radius 3 is 2.08 bits per heavy atom. The number of anilines is 1. The van der Waals surface area contributed by atoms with Gasteiger partial charge in [0.25, 0.3) is 0 Å². The molecule has 1 aromatic heterocycles. The second-order valence-corrected chi connectivity index (χ2v) is 14.5. The Morgan fingerprint density at radius 1 is 0.946 bits per heavy atom. The summed E-state index contributed by atoms with van der Waals surface area (Å²) in [5.41, 5.74) is 6.86. The lowest BCUT2D eigenvalue weighted by Crippen LogP contribution is -2.40. The molecule has 1 fully saturated rings. The lowest BCUT2D eigenvalue weighted by molar-refractivity contribution is 0.526. The standard InChI is InChI=1S/C31H42N2O2S2/c1-20(2)25-17-28(21(3)4)30(29(18-25)22(5)6)37(34,35)27-12-14-33(15-13-27)31-32-26(19-36-31)16-24-11-9-8-10-23(24)7/h8-11,17-22,27H,12-16H2,1-7H3. The van der Waals surface area contributed by atoms with Crippen LogP contribution in [0.2, 0.25) is 0 Å². The topological polar surface area (TPSA) is 50.3 Å². The second kappa shape index (κ2) is 11.3. The molecule has 2 aromatic carbocycles. The highest BCUT2D eigenvalue weighted by Crippen LogP contribution is 2.39. The highest BCUT2D eigenvalue weighted by Gasteiger charge is 2.36. The first-order valence-electron chi connectivity index (χ1n) is 13.6. The van der Waals surface area contributed by atoms with Gasteiger partial charge in [0.2, 0.25) is 0 Å². The SMILES string of the molecule is Cc1ccccc1Cc1csc(N2CCC(S(=O)(=O)c3c(C(C)C)cc(C(C)C)cc3C(C)C)CC2)n1. The van der Waals surface area contributed by atoms with Crippen molar-refractivity contribution in [2.75, 3.05) is 18.0 Å². The maximum atomic E-state index is 14.2. The van der Waals surface area contributed by atoms with Gasteiger partial charge in [-0.1, -0.05) is 77.9 Å². The van der Waals surface area contributed by atoms with Gasteiger partial charge in [0.15, 0.2) is 15.0 Å². The molecule has 0 unspecified atom stereocenters. The first kappa shape index (κ1) is 27.8. The Balaban J connectivity index is 1.54. The zero-order valence-electron chi connectivity index (χ0n) is 23.4. The number of sulfone groups is 1. The van der Waals surface area contributed by atoms with Crippen LogP contribution < -0.4 is 4.90 Å². The third-order valence-electron chi connectivity index (χ3n) is 7.69. The molecule has 0 aliphatic carbocycles. The lowest BCUT2D eigenvalue weighted by Gasteiger charge is -2.33. The van der Waals surface area contributed by atoms with Gasteiger partial charge in [-0.2, -0.15) is 0 Å². The molecule has 1 aliphatic rings. The third kappa shape index (κ3) is 5.96. The van der Waals surface area contributed by atoms with E-state index in [1.807, 2.05) is 0 Å². The van der Waals surface area contributed by atoms with Crippen molar-refractivity contribution in [2.24, 2.45) is 0 Å². The van der Waals surface area contributed by atoms with Gasteiger partial charge in [-0.15, -0.1) is 11.3 Å². The first-order valence-corrected chi connectivity index (χ1v) is 16.1. The number of thiazole rings is 1. The number of hydrogen-bond acceptors (Lipinski definition) is 5. The van der Waals surface area contributed by atoms with Crippen LogP contribution in [0.1, 0.15) is 106 Å². The highest BCUT2D eigenvalue weighted by atomic mass is 32.2. The highest BCUT2D eigenvalue weighted by molar-refractivity contribution is 7.92. The van der Waals surface area contributed by atoms with Crippen molar-refractivity contribution in [3.8, 4) is 0 Å². The summed E-state index contributed by atoms with van der Waals surface area (Å²) in [7, 11) is -3.45. The van der Waals surface area contributed by atoms with Crippen molar-refractivity contribution in [1.29, 1.82) is 0 Å². The fourth-order valence-electron chi connectivity index (χ4n) is 5.27. The molecule has 1 saturated heterocycles. The largest absolute Gasteiger partial charge is 0.348 e. The number of hydrogen-bond donors (Lipinski definition) is 0. The van der Waals surface area contributed by atoms with Crippen molar-refractivity contribution in [1.82, 2.24) is 4.98 Å². The summed E-state index contributed by atoms with van der Waals surface area (Å²) in [4.78, 5) is 7.79. The minimum absolute atomic E-state index is 0.156. The molecule has 0 atom stereocenters. The van der Waals surface area contributed by atoms with Crippen molar-refractivity contribution >= 4 is 26.3 Å². The average Bonchev–Trinajstić information content (AvgIpc) is 3.33. The van der Waals surface area contributed by atoms with E-state index >= 15 is 0 Å². The fourth-order valence-corrected chi connectivity index (χ4v) is 8.56. The van der Waals surface area contributed by atoms with Gasteiger partial charge in [-0.3, -0.25) is 0 Å². The van der Waals surface area contributed by atoms with Crippen molar-refractivity contribution < 1.29 is 8.42 Å². The van der Waals surface area contributed by atoms with Crippen LogP contribution in [0.15, 0.2) is 46.7 Å². The minimum atomic E-state index is -3.45. The summed E-state index contributed by atoms with van der Waals surface area (Å²) < 4.78 is 28.3. The van der Waals surface area contributed by atoms with E-state index in [1.54, 1.807) is 11.3 Å². The molecule has 0 radical (unpaired) electrons. The quantitative estimate of drug-likeness (QED) is 0.293. The predicted molar refractivity (Wildman–Crippen MR) is 157 cm³/mol. The van der Waals surface area contributed by atoms with E-state index in [4.69, 9.17) is 4.98 Å². The maximum Gasteiger partial charge on any atom is 0.185 e. The van der Waals surface area contributed by atoms with E-state index in [9.17, 15) is 8.42 Å². The van der Waals surface area contributed by atoms with Crippen LogP contribution in [-0.4, -0.2) is 31.7 Å². The van der Waals surface area contributed by atoms with Crippen LogP contribution in [0.5, 0.6) is 0 Å². The molecule has 0 saturated carbocycles. The van der Waals surface area contributed by atoms with Crippen LogP contribution in [0.3, 0.4) is 0 Å². The maximum absolute atomic E-state index is 14.2. The number of aromatic nitrogens is 1. The molecule has 0 spiro atoms. The number of nitrogens with zero attached hydrogens (tertiary/aromatic N) is 2. The number of rotatable bonds is 8. The van der Waals surface area contributed by atoms with E-state index in [0.717, 1.165) is 41.5 Å². The van der Waals surface area contributed by atoms with Crippen LogP contribution in [0, 0.1) is 6.92 Å². The number of aryl methyl sites for hydroxylation is 1. The Hall–Kier alpha value is -2.18. The zero-order chi connectivity index (χ0) is 26.9. The third-order valence-corrected chi connectivity index (χ3v) is 11.0. The Labute approximate surface area is 228 Å². The smallest absolute Gasteiger partial charge is 0.185 e. The van der Waals surface area contributed by atoms with E-state index in [-0.39, 0.29) is 17.1 Å². The van der Waals surface area contributed by atoms with E-state index in [2.05, 4.69) is 95.1 Å². The first-order chi connectivity index (χ1) is 17.5. The Morgan fingerprint density at radius 2 is 1.54 bits per heavy atom. The molecule has 0 amide bonds. The van der Waals surface area contributed by atoms with Crippen LogP contribution in [0.4, 0.5) is 5.13 Å². The summed E-state index contributed by atoms with van der Waals surface area (Å²) in [5.74, 6) is 0.676. The zero-order valence-corrected chi connectivity index (χ0v) is 25.0. The van der Waals surface area contributed by atoms with Gasteiger partial charge in [0.1, 0.15) is 0 Å². The molecule has 37 heavy (non-hydrogen) atoms. The van der Waals surface area contributed by atoms with Crippen molar-refractivity contribution in [3.63, 3.8) is 0 Å². The van der Waals surface area contributed by atoms with E-state index in [1.165, 1.54) is 16.7 Å². The monoisotopic (exact) mass is 538 g/mol. The van der Waals surface area contributed by atoms with Crippen LogP contribution in [0.25, 0.3) is 0 Å². The van der Waals surface area contributed by atoms with Crippen LogP contribution in [-0.2, 0) is 16.3 Å². The predicted octanol–water partition coefficient (Wildman–Crippen LogP) is 7.86. The summed E-state index contributed by atoms with van der Waals surface area (Å²) in [6.07, 6.45) is 2.10. The molecule has 2 heterocycles. The molecular weight excluding hydrogens is 496 g/mol. The fraction of sp³-hybridized carbons (Fsp3) is 0.516. The number of piperidine rings is 1. The molecule has 200 valence electrons.